The molecule has 0 bridgehead atoms. The summed E-state index contributed by atoms with van der Waals surface area (Å²) >= 11 is 0. The van der Waals surface area contributed by atoms with Crippen molar-refractivity contribution < 1.29 is 4.79 Å². The van der Waals surface area contributed by atoms with Gasteiger partial charge in [-0.25, -0.2) is 4.98 Å². The van der Waals surface area contributed by atoms with Crippen LogP contribution in [-0.2, 0) is 17.8 Å². The molecule has 0 atom stereocenters. The first kappa shape index (κ1) is 13.2. The second-order valence-electron chi connectivity index (χ2n) is 4.87. The van der Waals surface area contributed by atoms with Crippen molar-refractivity contribution in [1.29, 1.82) is 0 Å². The molecule has 8 heteroatoms. The zero-order chi connectivity index (χ0) is 14.8. The highest BCUT2D eigenvalue weighted by Crippen LogP contribution is 2.19. The Kier molecular flexibility index (Phi) is 3.35. The van der Waals surface area contributed by atoms with E-state index in [0.717, 1.165) is 22.4 Å². The lowest BCUT2D eigenvalue weighted by molar-refractivity contribution is -0.120. The monoisotopic (exact) mass is 285 g/mol. The number of benzene rings is 1. The van der Waals surface area contributed by atoms with Gasteiger partial charge in [0.1, 0.15) is 5.82 Å². The van der Waals surface area contributed by atoms with E-state index in [4.69, 9.17) is 0 Å². The van der Waals surface area contributed by atoms with Crippen LogP contribution in [0.4, 0.5) is 0 Å². The molecule has 3 aromatic rings. The molecule has 0 aliphatic heterocycles. The van der Waals surface area contributed by atoms with Crippen molar-refractivity contribution in [2.24, 2.45) is 0 Å². The van der Waals surface area contributed by atoms with E-state index in [2.05, 4.69) is 48.9 Å². The van der Waals surface area contributed by atoms with Crippen LogP contribution in [0.15, 0.2) is 12.1 Å². The topological polar surface area (TPSA) is 112 Å². The zero-order valence-electron chi connectivity index (χ0n) is 11.8. The first-order chi connectivity index (χ1) is 10.1. The summed E-state index contributed by atoms with van der Waals surface area (Å²) in [4.78, 5) is 19.5. The maximum absolute atomic E-state index is 11.7. The number of carbonyl (C=O) groups excluding carboxylic acids is 1. The Labute approximate surface area is 120 Å². The number of imidazole rings is 1. The number of hydrogen-bond donors (Lipinski definition) is 3. The smallest absolute Gasteiger partial charge is 0.228 e. The van der Waals surface area contributed by atoms with Crippen LogP contribution in [0.3, 0.4) is 0 Å². The molecular formula is C13H15N7O. The molecule has 108 valence electrons. The summed E-state index contributed by atoms with van der Waals surface area (Å²) in [5.41, 5.74) is 4.26. The summed E-state index contributed by atoms with van der Waals surface area (Å²) in [6.45, 7) is 4.43. The molecule has 0 radical (unpaired) electrons. The molecular weight excluding hydrogens is 270 g/mol. The third-order valence-corrected chi connectivity index (χ3v) is 3.39. The lowest BCUT2D eigenvalue weighted by Crippen LogP contribution is -2.25. The standard InChI is InChI=1S/C13H15N7O/c1-7-3-4-9-13(8(7)2)16-11(15-9)6-14-12(21)5-10-17-19-20-18-10/h3-4H,5-6H2,1-2H3,(H,14,21)(H,15,16)(H,17,18,19,20). The lowest BCUT2D eigenvalue weighted by Gasteiger charge is -2.00. The number of rotatable bonds is 4. The molecule has 2 heterocycles. The molecule has 3 N–H and O–H groups in total. The van der Waals surface area contributed by atoms with Gasteiger partial charge in [0.2, 0.25) is 5.91 Å². The molecule has 1 aromatic carbocycles. The first-order valence-electron chi connectivity index (χ1n) is 6.57. The molecule has 0 saturated carbocycles. The summed E-state index contributed by atoms with van der Waals surface area (Å²) in [5, 5.41) is 16.0. The van der Waals surface area contributed by atoms with E-state index in [1.807, 2.05) is 13.0 Å². The normalized spacial score (nSPS) is 11.0. The third kappa shape index (κ3) is 2.73. The molecule has 0 aliphatic rings. The van der Waals surface area contributed by atoms with Gasteiger partial charge in [-0.05, 0) is 31.0 Å². The van der Waals surface area contributed by atoms with Crippen molar-refractivity contribution in [2.45, 2.75) is 26.8 Å². The van der Waals surface area contributed by atoms with Gasteiger partial charge >= 0.3 is 0 Å². The predicted molar refractivity (Wildman–Crippen MR) is 75.3 cm³/mol. The van der Waals surface area contributed by atoms with Gasteiger partial charge in [0.15, 0.2) is 5.82 Å². The largest absolute Gasteiger partial charge is 0.348 e. The predicted octanol–water partition coefficient (Wildman–Crippen LogP) is 0.552. The second kappa shape index (κ2) is 5.31. The molecule has 21 heavy (non-hydrogen) atoms. The molecule has 0 unspecified atom stereocenters. The van der Waals surface area contributed by atoms with Crippen LogP contribution >= 0.6 is 0 Å². The molecule has 0 aliphatic carbocycles. The number of nitrogens with zero attached hydrogens (tertiary/aromatic N) is 4. The second-order valence-corrected chi connectivity index (χ2v) is 4.87. The number of fused-ring (bicyclic) bond motifs is 1. The van der Waals surface area contributed by atoms with Crippen LogP contribution in [0.1, 0.15) is 22.8 Å². The van der Waals surface area contributed by atoms with Gasteiger partial charge in [0.05, 0.1) is 24.0 Å². The van der Waals surface area contributed by atoms with Crippen LogP contribution in [0.2, 0.25) is 0 Å². The van der Waals surface area contributed by atoms with Crippen LogP contribution in [0.25, 0.3) is 11.0 Å². The van der Waals surface area contributed by atoms with E-state index >= 15 is 0 Å². The molecule has 8 nitrogen and oxygen atoms in total. The van der Waals surface area contributed by atoms with Gasteiger partial charge in [-0.3, -0.25) is 4.79 Å². The van der Waals surface area contributed by atoms with E-state index in [9.17, 15) is 4.79 Å². The van der Waals surface area contributed by atoms with Crippen molar-refractivity contribution in [2.75, 3.05) is 0 Å². The summed E-state index contributed by atoms with van der Waals surface area (Å²) in [6, 6.07) is 4.05. The molecule has 2 aromatic heterocycles. The summed E-state index contributed by atoms with van der Waals surface area (Å²) in [5.74, 6) is 0.911. The van der Waals surface area contributed by atoms with Crippen molar-refractivity contribution in [3.63, 3.8) is 0 Å². The highest BCUT2D eigenvalue weighted by atomic mass is 16.1. The van der Waals surface area contributed by atoms with Crippen LogP contribution < -0.4 is 5.32 Å². The lowest BCUT2D eigenvalue weighted by atomic mass is 10.1. The number of amides is 1. The van der Waals surface area contributed by atoms with E-state index in [0.29, 0.717) is 12.4 Å². The van der Waals surface area contributed by atoms with Gasteiger partial charge < -0.3 is 10.3 Å². The maximum Gasteiger partial charge on any atom is 0.228 e. The third-order valence-electron chi connectivity index (χ3n) is 3.39. The van der Waals surface area contributed by atoms with Gasteiger partial charge in [0.25, 0.3) is 0 Å². The molecule has 0 fully saturated rings. The van der Waals surface area contributed by atoms with E-state index in [-0.39, 0.29) is 12.3 Å². The van der Waals surface area contributed by atoms with Crippen LogP contribution in [0, 0.1) is 13.8 Å². The Morgan fingerprint density at radius 3 is 2.95 bits per heavy atom. The minimum absolute atomic E-state index is 0.0921. The molecule has 0 saturated heterocycles. The minimum atomic E-state index is -0.176. The Morgan fingerprint density at radius 1 is 1.33 bits per heavy atom. The number of H-pyrrole nitrogens is 2. The Hall–Kier alpha value is -2.77. The highest BCUT2D eigenvalue weighted by molar-refractivity contribution is 5.80. The quantitative estimate of drug-likeness (QED) is 0.648. The van der Waals surface area contributed by atoms with Crippen LogP contribution in [-0.4, -0.2) is 36.5 Å². The fourth-order valence-electron chi connectivity index (χ4n) is 2.09. The summed E-state index contributed by atoms with van der Waals surface area (Å²) in [6.07, 6.45) is 0.0921. The highest BCUT2D eigenvalue weighted by Gasteiger charge is 2.10. The number of aryl methyl sites for hydroxylation is 2. The minimum Gasteiger partial charge on any atom is -0.348 e. The fourth-order valence-corrected chi connectivity index (χ4v) is 2.09. The zero-order valence-corrected chi connectivity index (χ0v) is 11.8. The first-order valence-corrected chi connectivity index (χ1v) is 6.57. The van der Waals surface area contributed by atoms with E-state index in [1.54, 1.807) is 0 Å². The number of hydrogen-bond acceptors (Lipinski definition) is 5. The summed E-state index contributed by atoms with van der Waals surface area (Å²) < 4.78 is 0. The maximum atomic E-state index is 11.7. The van der Waals surface area contributed by atoms with Crippen molar-refractivity contribution in [3.8, 4) is 0 Å². The average Bonchev–Trinajstić information content (AvgIpc) is 3.10. The van der Waals surface area contributed by atoms with Crippen molar-refractivity contribution >= 4 is 16.9 Å². The number of tetrazole rings is 1. The Bertz CT molecular complexity index is 775. The van der Waals surface area contributed by atoms with Crippen molar-refractivity contribution in [1.82, 2.24) is 35.9 Å². The average molecular weight is 285 g/mol. The van der Waals surface area contributed by atoms with Gasteiger partial charge in [-0.1, -0.05) is 11.3 Å². The number of nitrogens with one attached hydrogen (secondary N) is 3. The van der Waals surface area contributed by atoms with Gasteiger partial charge in [-0.15, -0.1) is 10.2 Å². The number of aromatic amines is 2. The Morgan fingerprint density at radius 2 is 2.19 bits per heavy atom. The summed E-state index contributed by atoms with van der Waals surface area (Å²) in [7, 11) is 0. The number of carbonyl (C=O) groups is 1. The molecule has 0 spiro atoms. The molecule has 1 amide bonds. The van der Waals surface area contributed by atoms with Gasteiger partial charge in [-0.2, -0.15) is 5.21 Å². The van der Waals surface area contributed by atoms with Crippen LogP contribution in [0.5, 0.6) is 0 Å². The fraction of sp³-hybridized carbons (Fsp3) is 0.308. The molecule has 3 rings (SSSR count). The van der Waals surface area contributed by atoms with E-state index < -0.39 is 0 Å². The van der Waals surface area contributed by atoms with Gasteiger partial charge in [0, 0.05) is 0 Å². The van der Waals surface area contributed by atoms with E-state index in [1.165, 1.54) is 5.56 Å². The Balaban J connectivity index is 1.68. The van der Waals surface area contributed by atoms with Crippen molar-refractivity contribution in [3.05, 3.63) is 34.9 Å². The SMILES string of the molecule is Cc1ccc2[nH]c(CNC(=O)Cc3nn[nH]n3)nc2c1C. The number of aromatic nitrogens is 6.